The number of nitrogens with zero attached hydrogens (tertiary/aromatic N) is 5. The number of fused-ring (bicyclic) bond motifs is 1. The van der Waals surface area contributed by atoms with Gasteiger partial charge < -0.3 is 14.5 Å². The van der Waals surface area contributed by atoms with Gasteiger partial charge in [-0.1, -0.05) is 17.7 Å². The lowest BCUT2D eigenvalue weighted by Crippen LogP contribution is -2.42. The molecule has 0 bridgehead atoms. The Hall–Kier alpha value is -2.42. The number of benzene rings is 1. The van der Waals surface area contributed by atoms with Crippen LogP contribution in [0.15, 0.2) is 30.5 Å². The van der Waals surface area contributed by atoms with E-state index in [0.717, 1.165) is 30.8 Å². The number of carbonyl (C=O) groups excluding carboxylic acids is 2. The summed E-state index contributed by atoms with van der Waals surface area (Å²) in [6.45, 7) is 11.3. The Morgan fingerprint density at radius 3 is 2.50 bits per heavy atom. The van der Waals surface area contributed by atoms with Gasteiger partial charge in [0, 0.05) is 63.1 Å². The van der Waals surface area contributed by atoms with Crippen LogP contribution in [-0.4, -0.2) is 77.3 Å². The van der Waals surface area contributed by atoms with Crippen LogP contribution in [0.3, 0.4) is 0 Å². The van der Waals surface area contributed by atoms with Crippen LogP contribution in [0.2, 0.25) is 5.02 Å². The minimum atomic E-state index is -0.128. The number of hydrogen-bond acceptors (Lipinski definition) is 5. The first-order valence-corrected chi connectivity index (χ1v) is 12.2. The molecule has 1 aliphatic heterocycles. The number of amides is 2. The summed E-state index contributed by atoms with van der Waals surface area (Å²) >= 11 is 6.35. The van der Waals surface area contributed by atoms with Gasteiger partial charge in [0.2, 0.25) is 0 Å². The molecule has 3 rings (SSSR count). The van der Waals surface area contributed by atoms with Gasteiger partial charge in [-0.05, 0) is 57.9 Å². The number of hydrogen-bond donors (Lipinski definition) is 0. The molecule has 0 aliphatic carbocycles. The highest BCUT2D eigenvalue weighted by atomic mass is 35.5. The monoisotopic (exact) mass is 489 g/mol. The Kier molecular flexibility index (Phi) is 9.10. The highest BCUT2D eigenvalue weighted by molar-refractivity contribution is 6.31. The van der Waals surface area contributed by atoms with Gasteiger partial charge in [0.15, 0.2) is 0 Å². The number of rotatable bonds is 5. The fourth-order valence-corrected chi connectivity index (χ4v) is 4.49. The Bertz CT molecular complexity index is 991. The van der Waals surface area contributed by atoms with Crippen molar-refractivity contribution in [2.45, 2.75) is 52.7 Å². The number of anilines is 1. The smallest absolute Gasteiger partial charge is 0.272 e. The maximum Gasteiger partial charge on any atom is 0.272 e. The zero-order chi connectivity index (χ0) is 24.8. The zero-order valence-corrected chi connectivity index (χ0v) is 21.6. The Morgan fingerprint density at radius 2 is 1.82 bits per heavy atom. The molecule has 0 N–H and O–H groups in total. The average molecular weight is 490 g/mol. The Balaban J connectivity index is 2.05. The third-order valence-corrected chi connectivity index (χ3v) is 6.38. The van der Waals surface area contributed by atoms with E-state index in [2.05, 4.69) is 23.8 Å². The highest BCUT2D eigenvalue weighted by Gasteiger charge is 2.26. The molecule has 0 radical (unpaired) electrons. The lowest BCUT2D eigenvalue weighted by atomic mass is 10.1. The predicted octanol–water partition coefficient (Wildman–Crippen LogP) is 3.85. The second-order valence-corrected chi connectivity index (χ2v) is 9.65. The molecule has 0 atom stereocenters. The number of ether oxygens (including phenoxy) is 1. The molecule has 2 aromatic rings. The van der Waals surface area contributed by atoms with Gasteiger partial charge in [0.05, 0.1) is 5.69 Å². The number of aromatic nitrogens is 2. The van der Waals surface area contributed by atoms with Gasteiger partial charge in [-0.2, -0.15) is 5.10 Å². The van der Waals surface area contributed by atoms with Crippen LogP contribution in [0, 0.1) is 0 Å². The van der Waals surface area contributed by atoms with E-state index in [1.165, 1.54) is 7.11 Å². The van der Waals surface area contributed by atoms with Gasteiger partial charge >= 0.3 is 0 Å². The Morgan fingerprint density at radius 1 is 1.06 bits per heavy atom. The summed E-state index contributed by atoms with van der Waals surface area (Å²) in [6, 6.07) is 7.68. The normalized spacial score (nSPS) is 16.0. The van der Waals surface area contributed by atoms with Crippen molar-refractivity contribution in [3.8, 4) is 0 Å². The lowest BCUT2D eigenvalue weighted by molar-refractivity contribution is -0.122. The Labute approximate surface area is 207 Å². The first-order chi connectivity index (χ1) is 16.2. The zero-order valence-electron chi connectivity index (χ0n) is 20.8. The predicted molar refractivity (Wildman–Crippen MR) is 134 cm³/mol. The maximum absolute atomic E-state index is 13.7. The summed E-state index contributed by atoms with van der Waals surface area (Å²) in [5.74, 6) is -0.207. The summed E-state index contributed by atoms with van der Waals surface area (Å²) in [7, 11) is 1.52. The van der Waals surface area contributed by atoms with Crippen molar-refractivity contribution in [3.05, 3.63) is 46.7 Å². The number of methoxy groups -OCH3 is 1. The van der Waals surface area contributed by atoms with Crippen LogP contribution in [0.1, 0.15) is 56.2 Å². The summed E-state index contributed by atoms with van der Waals surface area (Å²) in [4.78, 5) is 32.7. The van der Waals surface area contributed by atoms with Crippen molar-refractivity contribution >= 4 is 29.1 Å². The number of carbonyl (C=O) groups is 2. The van der Waals surface area contributed by atoms with E-state index in [9.17, 15) is 9.59 Å². The molecule has 0 saturated carbocycles. The molecular weight excluding hydrogens is 454 g/mol. The summed E-state index contributed by atoms with van der Waals surface area (Å²) in [5, 5.41) is 4.90. The van der Waals surface area contributed by atoms with Crippen LogP contribution in [0.5, 0.6) is 0 Å². The summed E-state index contributed by atoms with van der Waals surface area (Å²) < 4.78 is 6.90. The molecule has 0 saturated heterocycles. The van der Waals surface area contributed by atoms with Gasteiger partial charge in [0.25, 0.3) is 11.8 Å². The molecule has 2 heterocycles. The molecule has 0 fully saturated rings. The second-order valence-electron chi connectivity index (χ2n) is 9.22. The SMILES string of the molecule is COCC(=O)N1CCCN(C(C)C)CCN(C(=O)c2ccnn2C(C)C)Cc2ccc(Cl)cc21. The fraction of sp³-hybridized carbons (Fsp3) is 0.560. The third-order valence-electron chi connectivity index (χ3n) is 6.15. The first-order valence-electron chi connectivity index (χ1n) is 11.9. The van der Waals surface area contributed by atoms with Crippen molar-refractivity contribution in [2.24, 2.45) is 0 Å². The summed E-state index contributed by atoms with van der Waals surface area (Å²) in [5.41, 5.74) is 2.15. The van der Waals surface area contributed by atoms with E-state index in [1.54, 1.807) is 27.9 Å². The van der Waals surface area contributed by atoms with E-state index in [1.807, 2.05) is 30.9 Å². The molecule has 8 nitrogen and oxygen atoms in total. The molecule has 9 heteroatoms. The topological polar surface area (TPSA) is 70.9 Å². The molecule has 1 aromatic carbocycles. The van der Waals surface area contributed by atoms with E-state index in [4.69, 9.17) is 16.3 Å². The van der Waals surface area contributed by atoms with Crippen molar-refractivity contribution in [3.63, 3.8) is 0 Å². The van der Waals surface area contributed by atoms with Crippen LogP contribution >= 0.6 is 11.6 Å². The van der Waals surface area contributed by atoms with Crippen LogP contribution < -0.4 is 4.90 Å². The van der Waals surface area contributed by atoms with Crippen molar-refractivity contribution in [1.29, 1.82) is 0 Å². The fourth-order valence-electron chi connectivity index (χ4n) is 4.33. The van der Waals surface area contributed by atoms with Gasteiger partial charge in [0.1, 0.15) is 12.3 Å². The van der Waals surface area contributed by atoms with E-state index in [0.29, 0.717) is 36.4 Å². The quantitative estimate of drug-likeness (QED) is 0.638. The van der Waals surface area contributed by atoms with E-state index < -0.39 is 0 Å². The molecule has 1 aliphatic rings. The first kappa shape index (κ1) is 26.2. The number of halogens is 1. The molecular formula is C25H36ClN5O3. The molecule has 0 unspecified atom stereocenters. The molecule has 0 spiro atoms. The van der Waals surface area contributed by atoms with Crippen LogP contribution in [0.4, 0.5) is 5.69 Å². The largest absolute Gasteiger partial charge is 0.375 e. The van der Waals surface area contributed by atoms with Crippen LogP contribution in [0.25, 0.3) is 0 Å². The maximum atomic E-state index is 13.7. The van der Waals surface area contributed by atoms with Crippen LogP contribution in [-0.2, 0) is 16.1 Å². The van der Waals surface area contributed by atoms with Gasteiger partial charge in [-0.3, -0.25) is 19.2 Å². The molecule has 34 heavy (non-hydrogen) atoms. The van der Waals surface area contributed by atoms with Crippen molar-refractivity contribution < 1.29 is 14.3 Å². The minimum Gasteiger partial charge on any atom is -0.375 e. The van der Waals surface area contributed by atoms with Gasteiger partial charge in [-0.25, -0.2) is 0 Å². The van der Waals surface area contributed by atoms with E-state index in [-0.39, 0.29) is 24.5 Å². The van der Waals surface area contributed by atoms with E-state index >= 15 is 0 Å². The highest BCUT2D eigenvalue weighted by Crippen LogP contribution is 2.28. The molecule has 2 amide bonds. The van der Waals surface area contributed by atoms with Crippen molar-refractivity contribution in [2.75, 3.05) is 44.8 Å². The second kappa shape index (κ2) is 11.8. The lowest BCUT2D eigenvalue weighted by Gasteiger charge is -2.30. The van der Waals surface area contributed by atoms with Crippen molar-refractivity contribution in [1.82, 2.24) is 19.6 Å². The molecule has 186 valence electrons. The summed E-state index contributed by atoms with van der Waals surface area (Å²) in [6.07, 6.45) is 2.46. The van der Waals surface area contributed by atoms with Gasteiger partial charge in [-0.15, -0.1) is 0 Å². The minimum absolute atomic E-state index is 0.0178. The third kappa shape index (κ3) is 6.17. The average Bonchev–Trinajstić information content (AvgIpc) is 3.27. The standard InChI is InChI=1S/C25H36ClN5O3/c1-18(2)28-11-6-12-30(24(32)17-34-5)23-15-21(26)8-7-20(23)16-29(14-13-28)25(33)22-9-10-27-31(22)19(3)4/h7-10,15,18-19H,6,11-14,16-17H2,1-5H3. The molecule has 1 aromatic heterocycles.